The molecule has 1 aliphatic rings. The number of nitrogens with zero attached hydrogens (tertiary/aromatic N) is 4. The number of methoxy groups -OCH3 is 1. The van der Waals surface area contributed by atoms with E-state index in [2.05, 4.69) is 60.1 Å². The van der Waals surface area contributed by atoms with E-state index in [1.807, 2.05) is 23.9 Å². The van der Waals surface area contributed by atoms with Crippen molar-refractivity contribution in [3.8, 4) is 22.6 Å². The predicted molar refractivity (Wildman–Crippen MR) is 149 cm³/mol. The quantitative estimate of drug-likeness (QED) is 0.173. The van der Waals surface area contributed by atoms with Crippen molar-refractivity contribution in [2.75, 3.05) is 13.7 Å². The van der Waals surface area contributed by atoms with E-state index in [1.165, 1.54) is 12.7 Å². The lowest BCUT2D eigenvalue weighted by atomic mass is 9.77. The standard InChI is InChI=1S/C29H40N4O3Si/c1-21-31-29(33(32-21)20-36-16-17-37(3,4)5)26-14-15-27(30-19-26)25-12-10-24(11-13-25)23-8-6-22(7-9-23)18-28(34)35-2/h10-15,19,22-23H,6-9,16-18,20H2,1-5H3/t22-,23-. The van der Waals surface area contributed by atoms with Crippen molar-refractivity contribution < 1.29 is 14.3 Å². The molecular formula is C29H40N4O3Si. The first-order valence-electron chi connectivity index (χ1n) is 13.3. The number of hydrogen-bond donors (Lipinski definition) is 0. The summed E-state index contributed by atoms with van der Waals surface area (Å²) in [6.07, 6.45) is 6.82. The molecule has 0 N–H and O–H groups in total. The molecule has 0 spiro atoms. The summed E-state index contributed by atoms with van der Waals surface area (Å²) in [6, 6.07) is 14.0. The van der Waals surface area contributed by atoms with E-state index in [4.69, 9.17) is 14.5 Å². The molecule has 0 unspecified atom stereocenters. The highest BCUT2D eigenvalue weighted by Gasteiger charge is 2.24. The first-order valence-corrected chi connectivity index (χ1v) is 17.1. The van der Waals surface area contributed by atoms with Crippen LogP contribution in [0.5, 0.6) is 0 Å². The third-order valence-electron chi connectivity index (χ3n) is 7.22. The lowest BCUT2D eigenvalue weighted by Crippen LogP contribution is -2.22. The molecule has 3 aromatic rings. The Balaban J connectivity index is 1.36. The van der Waals surface area contributed by atoms with Crippen LogP contribution in [0.3, 0.4) is 0 Å². The smallest absolute Gasteiger partial charge is 0.305 e. The maximum absolute atomic E-state index is 11.6. The van der Waals surface area contributed by atoms with E-state index in [0.29, 0.717) is 25.0 Å². The number of aryl methyl sites for hydroxylation is 1. The van der Waals surface area contributed by atoms with Crippen molar-refractivity contribution in [1.29, 1.82) is 0 Å². The lowest BCUT2D eigenvalue weighted by Gasteiger charge is -2.28. The lowest BCUT2D eigenvalue weighted by molar-refractivity contribution is -0.142. The number of aromatic nitrogens is 4. The highest BCUT2D eigenvalue weighted by molar-refractivity contribution is 6.76. The van der Waals surface area contributed by atoms with E-state index in [-0.39, 0.29) is 5.97 Å². The number of carbonyl (C=O) groups is 1. The molecule has 0 aliphatic heterocycles. The van der Waals surface area contributed by atoms with Crippen molar-refractivity contribution in [1.82, 2.24) is 19.7 Å². The van der Waals surface area contributed by atoms with Crippen LogP contribution in [0.2, 0.25) is 25.7 Å². The third kappa shape index (κ3) is 7.58. The second kappa shape index (κ2) is 12.1. The van der Waals surface area contributed by atoms with Gasteiger partial charge in [0.25, 0.3) is 0 Å². The maximum Gasteiger partial charge on any atom is 0.305 e. The predicted octanol–water partition coefficient (Wildman–Crippen LogP) is 6.46. The minimum Gasteiger partial charge on any atom is -0.469 e. The van der Waals surface area contributed by atoms with E-state index >= 15 is 0 Å². The molecule has 0 saturated heterocycles. The highest BCUT2D eigenvalue weighted by Crippen LogP contribution is 2.37. The summed E-state index contributed by atoms with van der Waals surface area (Å²) in [4.78, 5) is 20.9. The van der Waals surface area contributed by atoms with Gasteiger partial charge in [0.1, 0.15) is 12.6 Å². The fourth-order valence-electron chi connectivity index (χ4n) is 4.93. The van der Waals surface area contributed by atoms with Crippen LogP contribution in [-0.4, -0.2) is 47.5 Å². The Morgan fingerprint density at radius 1 is 1.03 bits per heavy atom. The van der Waals surface area contributed by atoms with Gasteiger partial charge in [-0.05, 0) is 68.2 Å². The van der Waals surface area contributed by atoms with Crippen LogP contribution >= 0.6 is 0 Å². The van der Waals surface area contributed by atoms with Gasteiger partial charge in [-0.15, -0.1) is 0 Å². The van der Waals surface area contributed by atoms with Gasteiger partial charge < -0.3 is 9.47 Å². The van der Waals surface area contributed by atoms with E-state index in [1.54, 1.807) is 0 Å². The minimum atomic E-state index is -1.13. The summed E-state index contributed by atoms with van der Waals surface area (Å²) >= 11 is 0. The number of benzene rings is 1. The average molecular weight is 521 g/mol. The Morgan fingerprint density at radius 3 is 2.35 bits per heavy atom. The van der Waals surface area contributed by atoms with E-state index < -0.39 is 8.07 Å². The molecule has 2 heterocycles. The van der Waals surface area contributed by atoms with Crippen molar-refractivity contribution in [3.63, 3.8) is 0 Å². The summed E-state index contributed by atoms with van der Waals surface area (Å²) in [5, 5.41) is 4.52. The number of carbonyl (C=O) groups excluding carboxylic acids is 1. The van der Waals surface area contributed by atoms with Crippen LogP contribution in [0.25, 0.3) is 22.6 Å². The third-order valence-corrected chi connectivity index (χ3v) is 8.92. The fraction of sp³-hybridized carbons (Fsp3) is 0.517. The average Bonchev–Trinajstić information content (AvgIpc) is 3.27. The number of rotatable bonds is 10. The van der Waals surface area contributed by atoms with Crippen LogP contribution in [-0.2, 0) is 21.0 Å². The monoisotopic (exact) mass is 520 g/mol. The van der Waals surface area contributed by atoms with Crippen molar-refractivity contribution in [2.24, 2.45) is 5.92 Å². The first-order chi connectivity index (χ1) is 17.7. The molecule has 1 aromatic carbocycles. The Hall–Kier alpha value is -2.84. The summed E-state index contributed by atoms with van der Waals surface area (Å²) in [6.45, 7) is 10.1. The van der Waals surface area contributed by atoms with Crippen molar-refractivity contribution in [3.05, 3.63) is 54.0 Å². The molecule has 37 heavy (non-hydrogen) atoms. The maximum atomic E-state index is 11.6. The molecule has 1 fully saturated rings. The van der Waals surface area contributed by atoms with Crippen LogP contribution in [0, 0.1) is 12.8 Å². The molecule has 1 saturated carbocycles. The zero-order valence-corrected chi connectivity index (χ0v) is 23.9. The molecule has 0 atom stereocenters. The van der Waals surface area contributed by atoms with Crippen LogP contribution in [0.15, 0.2) is 42.6 Å². The molecule has 0 radical (unpaired) electrons. The number of ether oxygens (including phenoxy) is 2. The van der Waals surface area contributed by atoms with Gasteiger partial charge in [0, 0.05) is 38.4 Å². The van der Waals surface area contributed by atoms with E-state index in [0.717, 1.165) is 66.8 Å². The van der Waals surface area contributed by atoms with Gasteiger partial charge in [-0.2, -0.15) is 5.10 Å². The van der Waals surface area contributed by atoms with Crippen molar-refractivity contribution >= 4 is 14.0 Å². The molecule has 4 rings (SSSR count). The van der Waals surface area contributed by atoms with Gasteiger partial charge in [0.15, 0.2) is 5.82 Å². The summed E-state index contributed by atoms with van der Waals surface area (Å²) in [7, 11) is 0.344. The highest BCUT2D eigenvalue weighted by atomic mass is 28.3. The number of esters is 1. The molecule has 0 amide bonds. The molecule has 7 nitrogen and oxygen atoms in total. The van der Waals surface area contributed by atoms with Crippen LogP contribution < -0.4 is 0 Å². The minimum absolute atomic E-state index is 0.0903. The Bertz CT molecular complexity index is 1160. The number of hydrogen-bond acceptors (Lipinski definition) is 6. The van der Waals surface area contributed by atoms with Gasteiger partial charge >= 0.3 is 5.97 Å². The largest absolute Gasteiger partial charge is 0.469 e. The van der Waals surface area contributed by atoms with Gasteiger partial charge in [-0.25, -0.2) is 9.67 Å². The first kappa shape index (κ1) is 27.2. The molecule has 198 valence electrons. The molecule has 2 aromatic heterocycles. The second-order valence-corrected chi connectivity index (χ2v) is 17.0. The van der Waals surface area contributed by atoms with Gasteiger partial charge in [-0.1, -0.05) is 43.9 Å². The van der Waals surface area contributed by atoms with E-state index in [9.17, 15) is 4.79 Å². The van der Waals surface area contributed by atoms with Crippen LogP contribution in [0.1, 0.15) is 49.4 Å². The Kier molecular flexibility index (Phi) is 8.92. The zero-order valence-electron chi connectivity index (χ0n) is 22.9. The number of pyridine rings is 1. The fourth-order valence-corrected chi connectivity index (χ4v) is 5.69. The van der Waals surface area contributed by atoms with Gasteiger partial charge in [0.05, 0.1) is 12.8 Å². The second-order valence-electron chi connectivity index (χ2n) is 11.4. The zero-order chi connectivity index (χ0) is 26.4. The Morgan fingerprint density at radius 2 is 1.73 bits per heavy atom. The molecule has 0 bridgehead atoms. The Labute approximate surface area is 221 Å². The molecule has 1 aliphatic carbocycles. The topological polar surface area (TPSA) is 79.1 Å². The van der Waals surface area contributed by atoms with Crippen LogP contribution in [0.4, 0.5) is 0 Å². The van der Waals surface area contributed by atoms with Gasteiger partial charge in [-0.3, -0.25) is 9.78 Å². The summed E-state index contributed by atoms with van der Waals surface area (Å²) in [5.74, 6) is 2.43. The molecular weight excluding hydrogens is 480 g/mol. The summed E-state index contributed by atoms with van der Waals surface area (Å²) in [5.41, 5.74) is 4.33. The van der Waals surface area contributed by atoms with Gasteiger partial charge in [0.2, 0.25) is 0 Å². The summed E-state index contributed by atoms with van der Waals surface area (Å²) < 4.78 is 12.6. The SMILES string of the molecule is COC(=O)C[C@H]1CC[C@H](c2ccc(-c3ccc(-c4nc(C)nn4COCC[Si](C)(C)C)cn3)cc2)CC1. The normalized spacial score (nSPS) is 18.1. The molecule has 8 heteroatoms. The van der Waals surface area contributed by atoms with Crippen molar-refractivity contribution in [2.45, 2.75) is 77.4 Å².